The Morgan fingerprint density at radius 3 is 2.26 bits per heavy atom. The lowest BCUT2D eigenvalue weighted by Crippen LogP contribution is -1.89. The average Bonchev–Trinajstić information content (AvgIpc) is 2.39. The lowest BCUT2D eigenvalue weighted by atomic mass is 9.92. The Hall–Kier alpha value is -1.79. The molecule has 3 rings (SSSR count). The van der Waals surface area contributed by atoms with Crippen molar-refractivity contribution in [2.75, 3.05) is 0 Å². The Bertz CT molecular complexity index is 742. The number of rotatable bonds is 1. The summed E-state index contributed by atoms with van der Waals surface area (Å²) >= 11 is 6.43. The van der Waals surface area contributed by atoms with Crippen molar-refractivity contribution in [3.8, 4) is 11.1 Å². The van der Waals surface area contributed by atoms with Crippen LogP contribution in [0, 0.1) is 13.8 Å². The first-order chi connectivity index (χ1) is 9.18. The van der Waals surface area contributed by atoms with E-state index in [1.54, 1.807) is 0 Å². The van der Waals surface area contributed by atoms with Gasteiger partial charge in [0.2, 0.25) is 0 Å². The third kappa shape index (κ3) is 2.02. The normalized spacial score (nSPS) is 10.9. The fraction of sp³-hybridized carbons (Fsp3) is 0.111. The summed E-state index contributed by atoms with van der Waals surface area (Å²) in [5.41, 5.74) is 4.96. The monoisotopic (exact) mass is 266 g/mol. The van der Waals surface area contributed by atoms with Gasteiger partial charge in [0, 0.05) is 10.4 Å². The van der Waals surface area contributed by atoms with Crippen molar-refractivity contribution in [2.45, 2.75) is 13.8 Å². The van der Waals surface area contributed by atoms with Crippen molar-refractivity contribution in [2.24, 2.45) is 0 Å². The van der Waals surface area contributed by atoms with E-state index in [4.69, 9.17) is 11.6 Å². The number of benzene rings is 3. The second-order valence-electron chi connectivity index (χ2n) is 4.91. The second-order valence-corrected chi connectivity index (χ2v) is 5.32. The highest BCUT2D eigenvalue weighted by Gasteiger charge is 2.11. The van der Waals surface area contributed by atoms with E-state index in [1.165, 1.54) is 27.6 Å². The fourth-order valence-corrected chi connectivity index (χ4v) is 3.14. The first-order valence-electron chi connectivity index (χ1n) is 6.42. The summed E-state index contributed by atoms with van der Waals surface area (Å²) in [5, 5.41) is 3.23. The molecule has 0 spiro atoms. The van der Waals surface area contributed by atoms with Crippen molar-refractivity contribution in [3.05, 3.63) is 70.7 Å². The third-order valence-electron chi connectivity index (χ3n) is 3.58. The molecular weight excluding hydrogens is 252 g/mol. The van der Waals surface area contributed by atoms with E-state index in [0.29, 0.717) is 0 Å². The quantitative estimate of drug-likeness (QED) is 0.524. The molecular formula is C18H15Cl. The molecule has 0 bridgehead atoms. The van der Waals surface area contributed by atoms with Gasteiger partial charge in [-0.25, -0.2) is 0 Å². The number of fused-ring (bicyclic) bond motifs is 1. The molecule has 0 saturated heterocycles. The Morgan fingerprint density at radius 2 is 1.53 bits per heavy atom. The van der Waals surface area contributed by atoms with Gasteiger partial charge < -0.3 is 0 Å². The Morgan fingerprint density at radius 1 is 0.789 bits per heavy atom. The van der Waals surface area contributed by atoms with Crippen molar-refractivity contribution < 1.29 is 0 Å². The van der Waals surface area contributed by atoms with Crippen LogP contribution < -0.4 is 0 Å². The first kappa shape index (κ1) is 12.3. The van der Waals surface area contributed by atoms with Gasteiger partial charge in [-0.3, -0.25) is 0 Å². The van der Waals surface area contributed by atoms with Gasteiger partial charge in [-0.05, 0) is 47.6 Å². The molecule has 94 valence electrons. The molecule has 0 heterocycles. The molecule has 0 aliphatic carbocycles. The minimum Gasteiger partial charge on any atom is -0.0836 e. The Kier molecular flexibility index (Phi) is 3.04. The zero-order valence-corrected chi connectivity index (χ0v) is 11.8. The topological polar surface area (TPSA) is 0 Å². The number of aryl methyl sites for hydroxylation is 2. The maximum Gasteiger partial charge on any atom is 0.0490 e. The number of halogens is 1. The van der Waals surface area contributed by atoms with Crippen LogP contribution in [0.15, 0.2) is 54.6 Å². The average molecular weight is 267 g/mol. The predicted molar refractivity (Wildman–Crippen MR) is 83.9 cm³/mol. The van der Waals surface area contributed by atoms with Crippen LogP contribution in [-0.4, -0.2) is 0 Å². The Balaban J connectivity index is 2.46. The van der Waals surface area contributed by atoms with Gasteiger partial charge in [0.1, 0.15) is 0 Å². The van der Waals surface area contributed by atoms with Crippen LogP contribution in [0.3, 0.4) is 0 Å². The molecule has 0 saturated carbocycles. The molecule has 3 aromatic rings. The van der Waals surface area contributed by atoms with E-state index >= 15 is 0 Å². The van der Waals surface area contributed by atoms with Crippen LogP contribution in [0.2, 0.25) is 5.02 Å². The smallest absolute Gasteiger partial charge is 0.0490 e. The lowest BCUT2D eigenvalue weighted by Gasteiger charge is -2.14. The molecule has 0 unspecified atom stereocenters. The van der Waals surface area contributed by atoms with Gasteiger partial charge in [0.25, 0.3) is 0 Å². The van der Waals surface area contributed by atoms with E-state index in [2.05, 4.69) is 62.4 Å². The van der Waals surface area contributed by atoms with Gasteiger partial charge in [-0.1, -0.05) is 60.1 Å². The lowest BCUT2D eigenvalue weighted by molar-refractivity contribution is 1.46. The van der Waals surface area contributed by atoms with Gasteiger partial charge >= 0.3 is 0 Å². The van der Waals surface area contributed by atoms with Crippen LogP contribution in [0.25, 0.3) is 21.9 Å². The summed E-state index contributed by atoms with van der Waals surface area (Å²) < 4.78 is 0. The molecule has 1 heteroatoms. The van der Waals surface area contributed by atoms with Crippen LogP contribution in [-0.2, 0) is 0 Å². The van der Waals surface area contributed by atoms with Crippen molar-refractivity contribution >= 4 is 22.4 Å². The van der Waals surface area contributed by atoms with Gasteiger partial charge in [-0.2, -0.15) is 0 Å². The number of hydrogen-bond acceptors (Lipinski definition) is 0. The van der Waals surface area contributed by atoms with Crippen molar-refractivity contribution in [1.29, 1.82) is 0 Å². The molecule has 0 radical (unpaired) electrons. The third-order valence-corrected chi connectivity index (χ3v) is 3.88. The van der Waals surface area contributed by atoms with E-state index < -0.39 is 0 Å². The highest BCUT2D eigenvalue weighted by Crippen LogP contribution is 2.37. The SMILES string of the molecule is Cc1cc(Cl)c2c(C)cccc2c1-c1ccccc1. The number of hydrogen-bond donors (Lipinski definition) is 0. The molecule has 0 nitrogen and oxygen atoms in total. The van der Waals surface area contributed by atoms with Gasteiger partial charge in [-0.15, -0.1) is 0 Å². The first-order valence-corrected chi connectivity index (χ1v) is 6.80. The summed E-state index contributed by atoms with van der Waals surface area (Å²) in [6, 6.07) is 18.9. The maximum atomic E-state index is 6.43. The van der Waals surface area contributed by atoms with E-state index in [-0.39, 0.29) is 0 Å². The van der Waals surface area contributed by atoms with E-state index in [0.717, 1.165) is 10.4 Å². The summed E-state index contributed by atoms with van der Waals surface area (Å²) in [6.45, 7) is 4.23. The predicted octanol–water partition coefficient (Wildman–Crippen LogP) is 5.78. The maximum absolute atomic E-state index is 6.43. The van der Waals surface area contributed by atoms with Crippen LogP contribution in [0.1, 0.15) is 11.1 Å². The minimum atomic E-state index is 0.838. The molecule has 0 atom stereocenters. The molecule has 0 aromatic heterocycles. The minimum absolute atomic E-state index is 0.838. The Labute approximate surface area is 118 Å². The molecule has 0 aliphatic heterocycles. The summed E-state index contributed by atoms with van der Waals surface area (Å²) in [7, 11) is 0. The zero-order valence-electron chi connectivity index (χ0n) is 11.1. The highest BCUT2D eigenvalue weighted by molar-refractivity contribution is 6.36. The molecule has 0 fully saturated rings. The zero-order chi connectivity index (χ0) is 13.4. The largest absolute Gasteiger partial charge is 0.0836 e. The van der Waals surface area contributed by atoms with E-state index in [1.807, 2.05) is 6.07 Å². The van der Waals surface area contributed by atoms with Crippen LogP contribution >= 0.6 is 11.6 Å². The van der Waals surface area contributed by atoms with Crippen molar-refractivity contribution in [1.82, 2.24) is 0 Å². The van der Waals surface area contributed by atoms with E-state index in [9.17, 15) is 0 Å². The molecule has 0 N–H and O–H groups in total. The highest BCUT2D eigenvalue weighted by atomic mass is 35.5. The fourth-order valence-electron chi connectivity index (χ4n) is 2.73. The molecule has 0 amide bonds. The van der Waals surface area contributed by atoms with Gasteiger partial charge in [0.15, 0.2) is 0 Å². The van der Waals surface area contributed by atoms with Gasteiger partial charge in [0.05, 0.1) is 0 Å². The molecule has 19 heavy (non-hydrogen) atoms. The summed E-state index contributed by atoms with van der Waals surface area (Å²) in [6.07, 6.45) is 0. The van der Waals surface area contributed by atoms with Crippen LogP contribution in [0.4, 0.5) is 0 Å². The molecule has 0 aliphatic rings. The van der Waals surface area contributed by atoms with Crippen molar-refractivity contribution in [3.63, 3.8) is 0 Å². The summed E-state index contributed by atoms with van der Waals surface area (Å²) in [5.74, 6) is 0. The van der Waals surface area contributed by atoms with Crippen LogP contribution in [0.5, 0.6) is 0 Å². The summed E-state index contributed by atoms with van der Waals surface area (Å²) in [4.78, 5) is 0. The molecule has 3 aromatic carbocycles. The standard InChI is InChI=1S/C18H15Cl/c1-12-7-6-10-15-17(14-8-4-3-5-9-14)13(2)11-16(19)18(12)15/h3-11H,1-2H3. The second kappa shape index (κ2) is 4.71.